The van der Waals surface area contributed by atoms with Gasteiger partial charge >= 0.3 is 11.9 Å². The van der Waals surface area contributed by atoms with Crippen LogP contribution in [0, 0.1) is 0 Å². The van der Waals surface area contributed by atoms with Gasteiger partial charge < -0.3 is 35.9 Å². The first-order valence-corrected chi connectivity index (χ1v) is 10.5. The fourth-order valence-electron chi connectivity index (χ4n) is 3.05. The lowest BCUT2D eigenvalue weighted by Crippen LogP contribution is -2.28. The van der Waals surface area contributed by atoms with Crippen LogP contribution in [0.4, 0.5) is 5.69 Å². The maximum Gasteiger partial charge on any atom is 0.339 e. The number of carbonyl (C=O) groups excluding carboxylic acids is 3. The van der Waals surface area contributed by atoms with Gasteiger partial charge in [-0.3, -0.25) is 14.4 Å². The van der Waals surface area contributed by atoms with E-state index in [1.807, 2.05) is 0 Å². The number of aromatic nitrogens is 3. The number of nitrogens with two attached hydrogens (primary N) is 1. The molecular weight excluding hydrogens is 496 g/mol. The van der Waals surface area contributed by atoms with E-state index in [9.17, 15) is 19.2 Å². The Bertz CT molecular complexity index is 1280. The van der Waals surface area contributed by atoms with Gasteiger partial charge in [0.2, 0.25) is 0 Å². The Kier molecular flexibility index (Phi) is 9.70. The number of H-pyrrole nitrogens is 1. The van der Waals surface area contributed by atoms with Crippen LogP contribution in [0.5, 0.6) is 5.75 Å². The van der Waals surface area contributed by atoms with Crippen molar-refractivity contribution in [3.05, 3.63) is 47.5 Å². The highest BCUT2D eigenvalue weighted by Gasteiger charge is 2.20. The van der Waals surface area contributed by atoms with Gasteiger partial charge in [0.15, 0.2) is 12.3 Å². The third kappa shape index (κ3) is 6.67. The fourth-order valence-corrected chi connectivity index (χ4v) is 3.05. The number of fused-ring (bicyclic) bond motifs is 2. The normalized spacial score (nSPS) is 12.5. The number of benzene rings is 1. The molecule has 3 aromatic rings. The van der Waals surface area contributed by atoms with Crippen molar-refractivity contribution in [3.8, 4) is 5.75 Å². The van der Waals surface area contributed by atoms with Crippen molar-refractivity contribution in [1.82, 2.24) is 20.3 Å². The topological polar surface area (TPSA) is 199 Å². The minimum absolute atomic E-state index is 0. The molecule has 1 unspecified atom stereocenters. The van der Waals surface area contributed by atoms with Gasteiger partial charge in [0.1, 0.15) is 29.2 Å². The monoisotopic (exact) mass is 520 g/mol. The maximum absolute atomic E-state index is 12.5. The van der Waals surface area contributed by atoms with E-state index in [-0.39, 0.29) is 59.7 Å². The van der Waals surface area contributed by atoms with Crippen LogP contribution in [-0.2, 0) is 20.9 Å². The molecule has 0 fully saturated rings. The summed E-state index contributed by atoms with van der Waals surface area (Å²) in [5.74, 6) is -1.65. The van der Waals surface area contributed by atoms with Gasteiger partial charge in [-0.05, 0) is 31.5 Å². The van der Waals surface area contributed by atoms with E-state index in [0.29, 0.717) is 18.0 Å². The first-order valence-electron chi connectivity index (χ1n) is 10.5. The number of carboxylic acids is 1. The predicted molar refractivity (Wildman–Crippen MR) is 130 cm³/mol. The second-order valence-corrected chi connectivity index (χ2v) is 7.34. The Morgan fingerprint density at radius 2 is 2.06 bits per heavy atom. The van der Waals surface area contributed by atoms with E-state index in [1.165, 1.54) is 6.20 Å². The molecule has 36 heavy (non-hydrogen) atoms. The van der Waals surface area contributed by atoms with E-state index < -0.39 is 17.9 Å². The lowest BCUT2D eigenvalue weighted by atomic mass is 10.1. The second kappa shape index (κ2) is 12.5. The van der Waals surface area contributed by atoms with Crippen LogP contribution in [0.2, 0.25) is 0 Å². The standard InChI is InChI=1S/C17H13N5O5.C5H11NO2.ClH/c23-12-6-27-11-2-1-8(3-10(11)22-12)4-19-16(24)15-14-13(20-7-21-15)9(5-18-14)17(25)26;1-3-8-5(7)4(2)6;/h1-3,5,7,18H,4,6H2,(H,19,24)(H,22,23)(H,25,26);4H,3,6H2,1-2H3;1H. The molecule has 0 aliphatic carbocycles. The van der Waals surface area contributed by atoms with Crippen molar-refractivity contribution in [2.45, 2.75) is 26.4 Å². The maximum atomic E-state index is 12.5. The zero-order valence-electron chi connectivity index (χ0n) is 19.4. The highest BCUT2D eigenvalue weighted by atomic mass is 35.5. The summed E-state index contributed by atoms with van der Waals surface area (Å²) in [5.41, 5.74) is 6.85. The third-order valence-electron chi connectivity index (χ3n) is 4.70. The molecule has 2 aromatic heterocycles. The average molecular weight is 521 g/mol. The minimum atomic E-state index is -1.15. The minimum Gasteiger partial charge on any atom is -0.482 e. The molecule has 1 aliphatic heterocycles. The summed E-state index contributed by atoms with van der Waals surface area (Å²) in [6, 6.07) is 4.70. The molecule has 0 bridgehead atoms. The van der Waals surface area contributed by atoms with E-state index in [4.69, 9.17) is 15.6 Å². The van der Waals surface area contributed by atoms with Crippen LogP contribution in [-0.4, -0.2) is 63.1 Å². The number of carboxylic acid groups (broad SMARTS) is 1. The summed E-state index contributed by atoms with van der Waals surface area (Å²) < 4.78 is 9.83. The van der Waals surface area contributed by atoms with Crippen molar-refractivity contribution in [3.63, 3.8) is 0 Å². The molecule has 1 atom stereocenters. The first kappa shape index (κ1) is 28.0. The number of halogens is 1. The molecule has 4 rings (SSSR count). The highest BCUT2D eigenvalue weighted by Crippen LogP contribution is 2.28. The first-order chi connectivity index (χ1) is 16.7. The van der Waals surface area contributed by atoms with Crippen LogP contribution in [0.3, 0.4) is 0 Å². The van der Waals surface area contributed by atoms with Crippen LogP contribution >= 0.6 is 12.4 Å². The van der Waals surface area contributed by atoms with Crippen LogP contribution < -0.4 is 21.1 Å². The predicted octanol–water partition coefficient (Wildman–Crippen LogP) is 1.24. The lowest BCUT2D eigenvalue weighted by Gasteiger charge is -2.18. The molecule has 1 aliphatic rings. The van der Waals surface area contributed by atoms with Gasteiger partial charge in [-0.1, -0.05) is 6.07 Å². The van der Waals surface area contributed by atoms with Gasteiger partial charge in [-0.15, -0.1) is 12.4 Å². The van der Waals surface area contributed by atoms with E-state index >= 15 is 0 Å². The Hall–Kier alpha value is -4.23. The number of hydrogen-bond donors (Lipinski definition) is 5. The number of nitrogens with zero attached hydrogens (tertiary/aromatic N) is 2. The van der Waals surface area contributed by atoms with E-state index in [1.54, 1.807) is 32.0 Å². The van der Waals surface area contributed by atoms with Gasteiger partial charge in [0.05, 0.1) is 17.8 Å². The van der Waals surface area contributed by atoms with Crippen LogP contribution in [0.25, 0.3) is 11.0 Å². The number of nitrogens with one attached hydrogen (secondary N) is 3. The summed E-state index contributed by atoms with van der Waals surface area (Å²) in [6.45, 7) is 3.90. The molecule has 14 heteroatoms. The number of carbonyl (C=O) groups is 4. The van der Waals surface area contributed by atoms with Gasteiger partial charge in [-0.25, -0.2) is 14.8 Å². The molecule has 0 spiro atoms. The number of amides is 2. The lowest BCUT2D eigenvalue weighted by molar-refractivity contribution is -0.144. The molecule has 0 saturated heterocycles. The highest BCUT2D eigenvalue weighted by molar-refractivity contribution is 6.08. The molecular formula is C22H25ClN6O7. The number of aromatic amines is 1. The molecule has 6 N–H and O–H groups in total. The Labute approximate surface area is 211 Å². The number of esters is 1. The van der Waals surface area contributed by atoms with Gasteiger partial charge in [0, 0.05) is 12.7 Å². The largest absolute Gasteiger partial charge is 0.482 e. The number of rotatable bonds is 6. The summed E-state index contributed by atoms with van der Waals surface area (Å²) in [4.78, 5) is 56.1. The van der Waals surface area contributed by atoms with E-state index in [0.717, 1.165) is 11.9 Å². The van der Waals surface area contributed by atoms with Crippen molar-refractivity contribution in [2.75, 3.05) is 18.5 Å². The van der Waals surface area contributed by atoms with E-state index in [2.05, 4.69) is 30.3 Å². The molecule has 192 valence electrons. The zero-order valence-corrected chi connectivity index (χ0v) is 20.2. The van der Waals surface area contributed by atoms with Crippen molar-refractivity contribution < 1.29 is 33.8 Å². The number of anilines is 1. The van der Waals surface area contributed by atoms with Crippen LogP contribution in [0.1, 0.15) is 40.3 Å². The zero-order chi connectivity index (χ0) is 25.5. The quantitative estimate of drug-likeness (QED) is 0.294. The summed E-state index contributed by atoms with van der Waals surface area (Å²) in [7, 11) is 0. The third-order valence-corrected chi connectivity index (χ3v) is 4.70. The molecule has 0 saturated carbocycles. The van der Waals surface area contributed by atoms with Crippen molar-refractivity contribution >= 4 is 52.9 Å². The molecule has 0 radical (unpaired) electrons. The van der Waals surface area contributed by atoms with Gasteiger partial charge in [0.25, 0.3) is 11.8 Å². The van der Waals surface area contributed by atoms with Crippen molar-refractivity contribution in [1.29, 1.82) is 0 Å². The molecule has 2 amide bonds. The number of ether oxygens (including phenoxy) is 2. The van der Waals surface area contributed by atoms with Crippen LogP contribution in [0.15, 0.2) is 30.7 Å². The Morgan fingerprint density at radius 3 is 2.69 bits per heavy atom. The summed E-state index contributed by atoms with van der Waals surface area (Å²) in [6.07, 6.45) is 2.41. The number of aromatic carboxylic acids is 1. The second-order valence-electron chi connectivity index (χ2n) is 7.34. The molecule has 3 heterocycles. The fraction of sp³-hybridized carbons (Fsp3) is 0.273. The molecule has 13 nitrogen and oxygen atoms in total. The Morgan fingerprint density at radius 1 is 1.31 bits per heavy atom. The molecule has 1 aromatic carbocycles. The smallest absolute Gasteiger partial charge is 0.339 e. The van der Waals surface area contributed by atoms with Crippen molar-refractivity contribution in [2.24, 2.45) is 5.73 Å². The summed E-state index contributed by atoms with van der Waals surface area (Å²) in [5, 5.41) is 14.6. The average Bonchev–Trinajstić information content (AvgIpc) is 3.27. The Balaban J connectivity index is 0.000000442. The SMILES string of the molecule is CCOC(=O)C(C)N.Cl.O=C1COc2ccc(CNC(=O)c3ncnc4c(C(=O)O)c[nH]c34)cc2N1. The number of hydrogen-bond acceptors (Lipinski definition) is 9. The van der Waals surface area contributed by atoms with Gasteiger partial charge in [-0.2, -0.15) is 0 Å². The summed E-state index contributed by atoms with van der Waals surface area (Å²) >= 11 is 0.